The van der Waals surface area contributed by atoms with Crippen molar-refractivity contribution in [3.63, 3.8) is 0 Å². The number of carbonyl (C=O) groups excluding carboxylic acids is 4. The van der Waals surface area contributed by atoms with Gasteiger partial charge in [0.15, 0.2) is 0 Å². The molecular formula is C54H42F6N2O14. The Morgan fingerprint density at radius 3 is 1.14 bits per heavy atom. The number of non-ortho nitro benzene ring substituents is 2. The average molecular weight is 1060 g/mol. The number of benzene rings is 6. The molecule has 0 amide bonds. The van der Waals surface area contributed by atoms with Crippen LogP contribution >= 0.6 is 0 Å². The monoisotopic (exact) mass is 1060 g/mol. The quantitative estimate of drug-likeness (QED) is 0.0111. The molecule has 0 radical (unpaired) electrons. The van der Waals surface area contributed by atoms with E-state index in [0.717, 1.165) is 24.3 Å². The number of alkyl halides is 6. The third kappa shape index (κ3) is 18.0. The Kier molecular flexibility index (Phi) is 19.2. The normalized spacial score (nSPS) is 11.5. The number of hydrogen-bond acceptors (Lipinski definition) is 14. The molecule has 0 aromatic heterocycles. The van der Waals surface area contributed by atoms with Crippen molar-refractivity contribution in [1.29, 1.82) is 0 Å². The zero-order chi connectivity index (χ0) is 54.8. The summed E-state index contributed by atoms with van der Waals surface area (Å²) in [6.07, 6.45) is -6.05. The number of carbonyl (C=O) groups is 4. The van der Waals surface area contributed by atoms with Crippen LogP contribution < -0.4 is 18.9 Å². The Morgan fingerprint density at radius 2 is 0.816 bits per heavy atom. The molecule has 6 rings (SSSR count). The molecule has 0 aliphatic carbocycles. The van der Waals surface area contributed by atoms with Gasteiger partial charge in [-0.1, -0.05) is 24.3 Å². The van der Waals surface area contributed by atoms with Gasteiger partial charge >= 0.3 is 36.2 Å². The summed E-state index contributed by atoms with van der Waals surface area (Å²) in [7, 11) is 0. The van der Waals surface area contributed by atoms with Crippen molar-refractivity contribution >= 4 is 47.4 Å². The van der Waals surface area contributed by atoms with E-state index >= 15 is 0 Å². The van der Waals surface area contributed by atoms with Gasteiger partial charge in [0.2, 0.25) is 0 Å². The van der Waals surface area contributed by atoms with Crippen LogP contribution in [0, 0.1) is 20.2 Å². The number of nitro groups is 2. The molecule has 0 unspecified atom stereocenters. The predicted octanol–water partition coefficient (Wildman–Crippen LogP) is 12.6. The van der Waals surface area contributed by atoms with Crippen LogP contribution in [0.4, 0.5) is 37.7 Å². The Hall–Kier alpha value is -9.34. The fraction of sp³-hybridized carbons (Fsp3) is 0.185. The molecule has 6 aromatic carbocycles. The van der Waals surface area contributed by atoms with Crippen LogP contribution in [0.15, 0.2) is 146 Å². The molecule has 0 fully saturated rings. The minimum absolute atomic E-state index is 0.129. The summed E-state index contributed by atoms with van der Waals surface area (Å²) < 4.78 is 106. The Balaban J connectivity index is 1.03. The van der Waals surface area contributed by atoms with Gasteiger partial charge in [0, 0.05) is 60.4 Å². The minimum Gasteiger partial charge on any atom is -0.494 e. The summed E-state index contributed by atoms with van der Waals surface area (Å²) in [6.45, 7) is -1.32. The first-order valence-electron chi connectivity index (χ1n) is 22.7. The van der Waals surface area contributed by atoms with Crippen LogP contribution in [0.3, 0.4) is 0 Å². The Morgan fingerprint density at radius 1 is 0.474 bits per heavy atom. The lowest BCUT2D eigenvalue weighted by Crippen LogP contribution is -2.10. The van der Waals surface area contributed by atoms with Crippen molar-refractivity contribution in [3.05, 3.63) is 199 Å². The van der Waals surface area contributed by atoms with Crippen LogP contribution in [0.5, 0.6) is 23.0 Å². The molecule has 6 aromatic rings. The minimum atomic E-state index is -4.29. The van der Waals surface area contributed by atoms with Gasteiger partial charge in [-0.05, 0) is 132 Å². The van der Waals surface area contributed by atoms with E-state index < -0.39 is 72.1 Å². The van der Waals surface area contributed by atoms with E-state index in [0.29, 0.717) is 11.1 Å². The number of nitrogens with zero attached hydrogens (tertiary/aromatic N) is 2. The lowest BCUT2D eigenvalue weighted by atomic mass is 9.95. The third-order valence-electron chi connectivity index (χ3n) is 10.6. The van der Waals surface area contributed by atoms with E-state index in [1.807, 2.05) is 0 Å². The highest BCUT2D eigenvalue weighted by molar-refractivity contribution is 5.92. The predicted molar refractivity (Wildman–Crippen MR) is 260 cm³/mol. The molecule has 0 atom stereocenters. The van der Waals surface area contributed by atoms with Crippen molar-refractivity contribution in [1.82, 2.24) is 0 Å². The fourth-order valence-corrected chi connectivity index (χ4v) is 6.80. The van der Waals surface area contributed by atoms with Gasteiger partial charge in [-0.15, -0.1) is 0 Å². The summed E-state index contributed by atoms with van der Waals surface area (Å²) in [6, 6.07) is 30.6. The summed E-state index contributed by atoms with van der Waals surface area (Å²) in [5.41, 5.74) is 1.33. The highest BCUT2D eigenvalue weighted by Gasteiger charge is 2.27. The molecule has 76 heavy (non-hydrogen) atoms. The zero-order valence-electron chi connectivity index (χ0n) is 39.5. The first-order chi connectivity index (χ1) is 36.2. The van der Waals surface area contributed by atoms with Crippen LogP contribution in [0.2, 0.25) is 0 Å². The van der Waals surface area contributed by atoms with Crippen LogP contribution in [0.1, 0.15) is 68.7 Å². The van der Waals surface area contributed by atoms with Crippen LogP contribution in [-0.4, -0.2) is 59.3 Å². The second kappa shape index (κ2) is 26.0. The number of esters is 4. The molecule has 0 aliphatic rings. The standard InChI is InChI=1S/C54H42F6N2O14/c55-53(56,57)27-1-29-71-43-19-9-37(10-20-43)51(65)75-45-15-3-35(4-16-45)7-25-49(63)73-33-39-31-41(61(67)68)13-23-47(39)48-24-14-42(62(69)70)32-40(48)34-74-50(64)26-8-36-5-17-46(18-6-36)76-52(66)38-11-21-44(22-12-38)72-30-2-28-54(58,59)60/h3-26,31-32H,1-2,27-30,33-34H2/b25-7+,26-8+. The Labute approximate surface area is 428 Å². The molecule has 0 heterocycles. The topological polar surface area (TPSA) is 210 Å². The smallest absolute Gasteiger partial charge is 0.389 e. The van der Waals surface area contributed by atoms with Gasteiger partial charge in [0.1, 0.15) is 36.2 Å². The third-order valence-corrected chi connectivity index (χ3v) is 10.6. The molecule has 22 heteroatoms. The van der Waals surface area contributed by atoms with E-state index in [9.17, 15) is 65.7 Å². The largest absolute Gasteiger partial charge is 0.494 e. The maximum absolute atomic E-state index is 12.9. The average Bonchev–Trinajstić information content (AvgIpc) is 3.39. The molecule has 16 nitrogen and oxygen atoms in total. The number of nitro benzene ring substituents is 2. The van der Waals surface area contributed by atoms with Gasteiger partial charge < -0.3 is 28.4 Å². The van der Waals surface area contributed by atoms with Crippen molar-refractivity contribution in [2.24, 2.45) is 0 Å². The van der Waals surface area contributed by atoms with Gasteiger partial charge in [-0.25, -0.2) is 19.2 Å². The first-order valence-corrected chi connectivity index (χ1v) is 22.7. The summed E-state index contributed by atoms with van der Waals surface area (Å²) >= 11 is 0. The van der Waals surface area contributed by atoms with Gasteiger partial charge in [-0.2, -0.15) is 26.3 Å². The van der Waals surface area contributed by atoms with E-state index in [4.69, 9.17) is 28.4 Å². The second-order valence-electron chi connectivity index (χ2n) is 16.2. The lowest BCUT2D eigenvalue weighted by molar-refractivity contribution is -0.385. The van der Waals surface area contributed by atoms with Gasteiger partial charge in [0.05, 0.1) is 34.2 Å². The van der Waals surface area contributed by atoms with Crippen molar-refractivity contribution in [2.45, 2.75) is 51.2 Å². The first kappa shape index (κ1) is 56.0. The maximum Gasteiger partial charge on any atom is 0.389 e. The molecule has 0 N–H and O–H groups in total. The van der Waals surface area contributed by atoms with E-state index in [2.05, 4.69) is 0 Å². The Bertz CT molecular complexity index is 2880. The maximum atomic E-state index is 12.9. The molecule has 0 saturated heterocycles. The summed E-state index contributed by atoms with van der Waals surface area (Å²) in [4.78, 5) is 73.4. The molecule has 0 bridgehead atoms. The van der Waals surface area contributed by atoms with Crippen molar-refractivity contribution in [2.75, 3.05) is 13.2 Å². The molecule has 394 valence electrons. The number of hydrogen-bond donors (Lipinski definition) is 0. The summed E-state index contributed by atoms with van der Waals surface area (Å²) in [5.74, 6) is -2.31. The molecular weight excluding hydrogens is 1010 g/mol. The van der Waals surface area contributed by atoms with E-state index in [1.54, 1.807) is 0 Å². The van der Waals surface area contributed by atoms with Gasteiger partial charge in [-0.3, -0.25) is 20.2 Å². The molecule has 0 saturated carbocycles. The highest BCUT2D eigenvalue weighted by Crippen LogP contribution is 2.34. The highest BCUT2D eigenvalue weighted by atomic mass is 19.4. The number of ether oxygens (including phenoxy) is 6. The molecule has 0 aliphatic heterocycles. The SMILES string of the molecule is O=C(/C=C/c1ccc(OC(=O)c2ccc(OCCCC(F)(F)F)cc2)cc1)OCc1cc([N+](=O)[O-])ccc1-c1ccc([N+](=O)[O-])cc1COC(=O)/C=C/c1ccc(OC(=O)c2ccc(OCCCC(F)(F)F)cc2)cc1. The second-order valence-corrected chi connectivity index (χ2v) is 16.2. The van der Waals surface area contributed by atoms with Crippen LogP contribution in [-0.2, 0) is 32.3 Å². The van der Waals surface area contributed by atoms with Gasteiger partial charge in [0.25, 0.3) is 11.4 Å². The molecule has 0 spiro atoms. The van der Waals surface area contributed by atoms with E-state index in [-0.39, 0.29) is 93.8 Å². The van der Waals surface area contributed by atoms with Crippen molar-refractivity contribution < 1.29 is 83.8 Å². The van der Waals surface area contributed by atoms with Crippen molar-refractivity contribution in [3.8, 4) is 34.1 Å². The van der Waals surface area contributed by atoms with E-state index in [1.165, 1.54) is 133 Å². The lowest BCUT2D eigenvalue weighted by Gasteiger charge is -2.14. The fourth-order valence-electron chi connectivity index (χ4n) is 6.80. The number of rotatable bonds is 23. The summed E-state index contributed by atoms with van der Waals surface area (Å²) in [5, 5.41) is 23.5. The number of halogens is 6. The van der Waals surface area contributed by atoms with Crippen LogP contribution in [0.25, 0.3) is 23.3 Å². The zero-order valence-corrected chi connectivity index (χ0v) is 39.5.